The maximum absolute atomic E-state index is 13.0. The van der Waals surface area contributed by atoms with E-state index in [2.05, 4.69) is 0 Å². The molecule has 2 atom stereocenters. The second-order valence-electron chi connectivity index (χ2n) is 6.14. The van der Waals surface area contributed by atoms with Crippen molar-refractivity contribution in [2.75, 3.05) is 26.4 Å². The number of carbonyl (C=O) groups is 1. The summed E-state index contributed by atoms with van der Waals surface area (Å²) in [7, 11) is -1.57. The van der Waals surface area contributed by atoms with Crippen molar-refractivity contribution >= 4 is 15.9 Å². The zero-order valence-electron chi connectivity index (χ0n) is 13.7. The highest BCUT2D eigenvalue weighted by Crippen LogP contribution is 2.25. The van der Waals surface area contributed by atoms with Crippen LogP contribution in [0.25, 0.3) is 0 Å². The molecule has 2 unspecified atom stereocenters. The predicted octanol–water partition coefficient (Wildman–Crippen LogP) is 2.02. The molecule has 0 saturated carbocycles. The second-order valence-corrected chi connectivity index (χ2v) is 8.12. The maximum Gasteiger partial charge on any atom is 0.227 e. The highest BCUT2D eigenvalue weighted by molar-refractivity contribution is 7.88. The van der Waals surface area contributed by atoms with Crippen molar-refractivity contribution in [1.29, 1.82) is 0 Å². The smallest absolute Gasteiger partial charge is 0.227 e. The van der Waals surface area contributed by atoms with E-state index in [-0.39, 0.29) is 30.2 Å². The lowest BCUT2D eigenvalue weighted by Crippen LogP contribution is -2.46. The van der Waals surface area contributed by atoms with E-state index in [1.165, 1.54) is 22.7 Å². The van der Waals surface area contributed by atoms with E-state index in [9.17, 15) is 17.6 Å². The van der Waals surface area contributed by atoms with E-state index in [0.29, 0.717) is 19.4 Å². The minimum atomic E-state index is -3.27. The van der Waals surface area contributed by atoms with Crippen LogP contribution in [0.5, 0.6) is 0 Å². The summed E-state index contributed by atoms with van der Waals surface area (Å²) in [5.74, 6) is -0.715. The van der Waals surface area contributed by atoms with Crippen molar-refractivity contribution in [2.45, 2.75) is 25.8 Å². The molecule has 1 amide bonds. The fourth-order valence-corrected chi connectivity index (χ4v) is 3.80. The van der Waals surface area contributed by atoms with Gasteiger partial charge in [0.25, 0.3) is 0 Å². The van der Waals surface area contributed by atoms with Gasteiger partial charge >= 0.3 is 0 Å². The molecular weight excluding hydrogens is 319 g/mol. The molecular formula is C16H23FN2O3S. The van der Waals surface area contributed by atoms with Gasteiger partial charge in [0.05, 0.1) is 18.2 Å². The summed E-state index contributed by atoms with van der Waals surface area (Å²) in [5, 5.41) is 0. The number of hydrogen-bond donors (Lipinski definition) is 0. The van der Waals surface area contributed by atoms with Crippen molar-refractivity contribution in [1.82, 2.24) is 9.21 Å². The van der Waals surface area contributed by atoms with Crippen LogP contribution in [0.4, 0.5) is 4.39 Å². The second kappa shape index (κ2) is 6.97. The molecule has 1 saturated heterocycles. The number of hydrogen-bond acceptors (Lipinski definition) is 3. The number of benzene rings is 1. The summed E-state index contributed by atoms with van der Waals surface area (Å²) in [4.78, 5) is 14.3. The minimum absolute atomic E-state index is 0.0739. The van der Waals surface area contributed by atoms with Gasteiger partial charge in [0, 0.05) is 20.1 Å². The van der Waals surface area contributed by atoms with Gasteiger partial charge in [-0.2, -0.15) is 0 Å². The normalized spacial score (nSPS) is 21.0. The lowest BCUT2D eigenvalue weighted by Gasteiger charge is -2.34. The number of sulfonamides is 1. The van der Waals surface area contributed by atoms with E-state index in [4.69, 9.17) is 0 Å². The minimum Gasteiger partial charge on any atom is -0.339 e. The molecule has 0 aliphatic carbocycles. The Labute approximate surface area is 137 Å². The molecule has 0 N–H and O–H groups in total. The van der Waals surface area contributed by atoms with Crippen molar-refractivity contribution in [3.63, 3.8) is 0 Å². The van der Waals surface area contributed by atoms with Crippen LogP contribution < -0.4 is 0 Å². The average molecular weight is 342 g/mol. The van der Waals surface area contributed by atoms with Gasteiger partial charge in [-0.25, -0.2) is 17.1 Å². The summed E-state index contributed by atoms with van der Waals surface area (Å²) in [6.45, 7) is 2.58. The van der Waals surface area contributed by atoms with Gasteiger partial charge in [-0.1, -0.05) is 12.1 Å². The molecule has 1 heterocycles. The largest absolute Gasteiger partial charge is 0.339 e. The molecule has 0 aromatic heterocycles. The summed E-state index contributed by atoms with van der Waals surface area (Å²) in [6, 6.07) is 5.87. The van der Waals surface area contributed by atoms with Crippen LogP contribution in [0, 0.1) is 11.7 Å². The van der Waals surface area contributed by atoms with Gasteiger partial charge in [0.1, 0.15) is 5.82 Å². The molecule has 0 bridgehead atoms. The van der Waals surface area contributed by atoms with E-state index < -0.39 is 10.0 Å². The van der Waals surface area contributed by atoms with Gasteiger partial charge < -0.3 is 4.90 Å². The maximum atomic E-state index is 13.0. The number of nitrogens with zero attached hydrogens (tertiary/aromatic N) is 2. The highest BCUT2D eigenvalue weighted by Gasteiger charge is 2.33. The number of carbonyl (C=O) groups excluding carboxylic acids is 1. The van der Waals surface area contributed by atoms with Crippen LogP contribution in [-0.4, -0.2) is 49.9 Å². The molecule has 5 nitrogen and oxygen atoms in total. The van der Waals surface area contributed by atoms with Gasteiger partial charge in [-0.05, 0) is 37.5 Å². The van der Waals surface area contributed by atoms with Gasteiger partial charge in [0.15, 0.2) is 0 Å². The fourth-order valence-electron chi connectivity index (χ4n) is 2.89. The van der Waals surface area contributed by atoms with Crippen molar-refractivity contribution in [3.8, 4) is 0 Å². The van der Waals surface area contributed by atoms with Crippen LogP contribution in [0.2, 0.25) is 0 Å². The number of rotatable bonds is 4. The Kier molecular flexibility index (Phi) is 5.41. The van der Waals surface area contributed by atoms with Crippen LogP contribution in [0.3, 0.4) is 0 Å². The number of amides is 1. The SMILES string of the molecule is CC(c1ccc(F)cc1)N(C)C(=O)C1CCCN(S(C)(=O)=O)C1. The Hall–Kier alpha value is -1.47. The highest BCUT2D eigenvalue weighted by atomic mass is 32.2. The number of piperidine rings is 1. The first-order valence-electron chi connectivity index (χ1n) is 7.67. The Balaban J connectivity index is 2.08. The predicted molar refractivity (Wildman–Crippen MR) is 86.7 cm³/mol. The quantitative estimate of drug-likeness (QED) is 0.841. The zero-order chi connectivity index (χ0) is 17.2. The third kappa shape index (κ3) is 4.29. The van der Waals surface area contributed by atoms with E-state index >= 15 is 0 Å². The first-order valence-corrected chi connectivity index (χ1v) is 9.52. The average Bonchev–Trinajstić information content (AvgIpc) is 2.53. The molecule has 1 aromatic carbocycles. The molecule has 1 aliphatic rings. The standard InChI is InChI=1S/C16H23FN2O3S/c1-12(13-6-8-15(17)9-7-13)18(2)16(20)14-5-4-10-19(11-14)23(3,21)22/h6-9,12,14H,4-5,10-11H2,1-3H3. The molecule has 0 radical (unpaired) electrons. The molecule has 7 heteroatoms. The summed E-state index contributed by atoms with van der Waals surface area (Å²) in [5.41, 5.74) is 0.845. The lowest BCUT2D eigenvalue weighted by atomic mass is 9.97. The van der Waals surface area contributed by atoms with E-state index in [1.807, 2.05) is 6.92 Å². The van der Waals surface area contributed by atoms with Gasteiger partial charge in [-0.3, -0.25) is 4.79 Å². The Morgan fingerprint density at radius 1 is 1.35 bits per heavy atom. The van der Waals surface area contributed by atoms with E-state index in [0.717, 1.165) is 5.56 Å². The summed E-state index contributed by atoms with van der Waals surface area (Å²) < 4.78 is 37.7. The summed E-state index contributed by atoms with van der Waals surface area (Å²) >= 11 is 0. The summed E-state index contributed by atoms with van der Waals surface area (Å²) in [6.07, 6.45) is 2.54. The third-order valence-electron chi connectivity index (χ3n) is 4.48. The van der Waals surface area contributed by atoms with Crippen LogP contribution >= 0.6 is 0 Å². The molecule has 1 aliphatic heterocycles. The molecule has 23 heavy (non-hydrogen) atoms. The van der Waals surface area contributed by atoms with E-state index in [1.54, 1.807) is 24.1 Å². The van der Waals surface area contributed by atoms with Crippen LogP contribution in [0.15, 0.2) is 24.3 Å². The van der Waals surface area contributed by atoms with Crippen LogP contribution in [-0.2, 0) is 14.8 Å². The van der Waals surface area contributed by atoms with Crippen LogP contribution in [0.1, 0.15) is 31.4 Å². The first kappa shape index (κ1) is 17.9. The monoisotopic (exact) mass is 342 g/mol. The van der Waals surface area contributed by atoms with Gasteiger partial charge in [0.2, 0.25) is 15.9 Å². The Morgan fingerprint density at radius 2 is 1.96 bits per heavy atom. The molecule has 1 aromatic rings. The van der Waals surface area contributed by atoms with Crippen molar-refractivity contribution in [2.24, 2.45) is 5.92 Å². The Bertz CT molecular complexity index is 660. The molecule has 1 fully saturated rings. The van der Waals surface area contributed by atoms with Crippen molar-refractivity contribution in [3.05, 3.63) is 35.6 Å². The number of halogens is 1. The lowest BCUT2D eigenvalue weighted by molar-refractivity contribution is -0.137. The zero-order valence-corrected chi connectivity index (χ0v) is 14.5. The topological polar surface area (TPSA) is 57.7 Å². The first-order chi connectivity index (χ1) is 10.7. The van der Waals surface area contributed by atoms with Gasteiger partial charge in [-0.15, -0.1) is 0 Å². The molecule has 2 rings (SSSR count). The third-order valence-corrected chi connectivity index (χ3v) is 5.75. The van der Waals surface area contributed by atoms with Crippen molar-refractivity contribution < 1.29 is 17.6 Å². The fraction of sp³-hybridized carbons (Fsp3) is 0.562. The Morgan fingerprint density at radius 3 is 2.52 bits per heavy atom. The molecule has 128 valence electrons. The molecule has 0 spiro atoms.